The van der Waals surface area contributed by atoms with Gasteiger partial charge in [-0.2, -0.15) is 0 Å². The number of carbonyl (C=O) groups is 1. The maximum atomic E-state index is 12.8. The minimum absolute atomic E-state index is 0.0618. The van der Waals surface area contributed by atoms with E-state index in [0.29, 0.717) is 16.5 Å². The summed E-state index contributed by atoms with van der Waals surface area (Å²) in [5.41, 5.74) is 0.650. The molecule has 2 rings (SSSR count). The van der Waals surface area contributed by atoms with E-state index in [2.05, 4.69) is 35.1 Å². The van der Waals surface area contributed by atoms with E-state index in [1.807, 2.05) is 11.0 Å². The van der Waals surface area contributed by atoms with Crippen LogP contribution < -0.4 is 5.32 Å². The maximum absolute atomic E-state index is 12.8. The van der Waals surface area contributed by atoms with E-state index in [4.69, 9.17) is 11.6 Å². The Morgan fingerprint density at radius 2 is 2.05 bits per heavy atom. The standard InChI is InChI=1S/C16H22BrClN2O/c1-11(2)20(10-12-3-5-19-6-4-12)16(21)13-7-14(17)9-15(18)8-13/h7-9,11-12,19H,3-6,10H2,1-2H3. The van der Waals surface area contributed by atoms with Crippen LogP contribution in [0.3, 0.4) is 0 Å². The van der Waals surface area contributed by atoms with Crippen LogP contribution in [0.4, 0.5) is 0 Å². The zero-order chi connectivity index (χ0) is 15.4. The summed E-state index contributed by atoms with van der Waals surface area (Å²) >= 11 is 9.46. The number of nitrogens with one attached hydrogen (secondary N) is 1. The Morgan fingerprint density at radius 3 is 2.62 bits per heavy atom. The van der Waals surface area contributed by atoms with Gasteiger partial charge >= 0.3 is 0 Å². The van der Waals surface area contributed by atoms with Gasteiger partial charge in [-0.15, -0.1) is 0 Å². The van der Waals surface area contributed by atoms with Crippen LogP contribution in [0.1, 0.15) is 37.0 Å². The Balaban J connectivity index is 2.14. The van der Waals surface area contributed by atoms with E-state index in [1.165, 1.54) is 0 Å². The van der Waals surface area contributed by atoms with Crippen molar-refractivity contribution in [3.05, 3.63) is 33.3 Å². The molecule has 3 nitrogen and oxygen atoms in total. The minimum Gasteiger partial charge on any atom is -0.336 e. The van der Waals surface area contributed by atoms with E-state index < -0.39 is 0 Å². The molecule has 1 fully saturated rings. The molecule has 0 bridgehead atoms. The van der Waals surface area contributed by atoms with E-state index in [0.717, 1.165) is 36.9 Å². The van der Waals surface area contributed by atoms with Crippen molar-refractivity contribution in [1.82, 2.24) is 10.2 Å². The highest BCUT2D eigenvalue weighted by atomic mass is 79.9. The van der Waals surface area contributed by atoms with E-state index in [1.54, 1.807) is 12.1 Å². The Bertz CT molecular complexity index is 481. The number of nitrogens with zero attached hydrogens (tertiary/aromatic N) is 1. The molecular weight excluding hydrogens is 352 g/mol. The third-order valence-corrected chi connectivity index (χ3v) is 4.58. The maximum Gasteiger partial charge on any atom is 0.254 e. The van der Waals surface area contributed by atoms with Crippen molar-refractivity contribution in [2.75, 3.05) is 19.6 Å². The molecule has 1 aromatic carbocycles. The van der Waals surface area contributed by atoms with Crippen molar-refractivity contribution in [3.63, 3.8) is 0 Å². The van der Waals surface area contributed by atoms with Crippen molar-refractivity contribution in [2.45, 2.75) is 32.7 Å². The molecule has 21 heavy (non-hydrogen) atoms. The zero-order valence-electron chi connectivity index (χ0n) is 12.5. The summed E-state index contributed by atoms with van der Waals surface area (Å²) in [4.78, 5) is 14.8. The third kappa shape index (κ3) is 4.70. The molecule has 0 aliphatic carbocycles. The Labute approximate surface area is 140 Å². The van der Waals surface area contributed by atoms with Crippen LogP contribution in [0.5, 0.6) is 0 Å². The van der Waals surface area contributed by atoms with Gasteiger partial charge in [0, 0.05) is 27.6 Å². The van der Waals surface area contributed by atoms with Gasteiger partial charge < -0.3 is 10.2 Å². The topological polar surface area (TPSA) is 32.3 Å². The van der Waals surface area contributed by atoms with Crippen molar-refractivity contribution >= 4 is 33.4 Å². The largest absolute Gasteiger partial charge is 0.336 e. The van der Waals surface area contributed by atoms with Gasteiger partial charge in [0.25, 0.3) is 5.91 Å². The molecule has 0 unspecified atom stereocenters. The molecule has 116 valence electrons. The molecule has 0 atom stereocenters. The van der Waals surface area contributed by atoms with Gasteiger partial charge in [-0.05, 0) is 63.9 Å². The normalized spacial score (nSPS) is 16.2. The van der Waals surface area contributed by atoms with Crippen LogP contribution in [-0.4, -0.2) is 36.5 Å². The van der Waals surface area contributed by atoms with Crippen molar-refractivity contribution in [1.29, 1.82) is 0 Å². The Kier molecular flexibility index (Phi) is 6.08. The SMILES string of the molecule is CC(C)N(CC1CCNCC1)C(=O)c1cc(Cl)cc(Br)c1. The molecule has 0 saturated carbocycles. The molecule has 1 aromatic rings. The van der Waals surface area contributed by atoms with Crippen LogP contribution >= 0.6 is 27.5 Å². The second-order valence-corrected chi connectivity index (χ2v) is 7.25. The van der Waals surface area contributed by atoms with Crippen molar-refractivity contribution in [2.24, 2.45) is 5.92 Å². The fraction of sp³-hybridized carbons (Fsp3) is 0.562. The zero-order valence-corrected chi connectivity index (χ0v) is 14.9. The fourth-order valence-corrected chi connectivity index (χ4v) is 3.57. The first kappa shape index (κ1) is 16.8. The summed E-state index contributed by atoms with van der Waals surface area (Å²) in [6, 6.07) is 5.56. The number of amides is 1. The van der Waals surface area contributed by atoms with Gasteiger partial charge in [-0.25, -0.2) is 0 Å². The molecule has 1 aliphatic rings. The monoisotopic (exact) mass is 372 g/mol. The van der Waals surface area contributed by atoms with Crippen molar-refractivity contribution in [3.8, 4) is 0 Å². The van der Waals surface area contributed by atoms with E-state index in [-0.39, 0.29) is 11.9 Å². The van der Waals surface area contributed by atoms with Crippen LogP contribution in [0, 0.1) is 5.92 Å². The summed E-state index contributed by atoms with van der Waals surface area (Å²) in [6.45, 7) is 7.06. The number of rotatable bonds is 4. The van der Waals surface area contributed by atoms with Gasteiger partial charge in [0.1, 0.15) is 0 Å². The number of halogens is 2. The molecule has 0 aromatic heterocycles. The number of carbonyl (C=O) groups excluding carboxylic acids is 1. The molecule has 0 radical (unpaired) electrons. The third-order valence-electron chi connectivity index (χ3n) is 3.91. The van der Waals surface area contributed by atoms with Gasteiger partial charge in [-0.1, -0.05) is 27.5 Å². The second-order valence-electron chi connectivity index (χ2n) is 5.90. The average molecular weight is 374 g/mol. The van der Waals surface area contributed by atoms with Gasteiger partial charge in [0.2, 0.25) is 0 Å². The van der Waals surface area contributed by atoms with Crippen LogP contribution in [0.15, 0.2) is 22.7 Å². The summed E-state index contributed by atoms with van der Waals surface area (Å²) < 4.78 is 0.837. The average Bonchev–Trinajstić information content (AvgIpc) is 2.44. The smallest absolute Gasteiger partial charge is 0.254 e. The Hall–Kier alpha value is -0.580. The molecule has 0 spiro atoms. The number of hydrogen-bond donors (Lipinski definition) is 1. The number of hydrogen-bond acceptors (Lipinski definition) is 2. The van der Waals surface area contributed by atoms with Crippen LogP contribution in [-0.2, 0) is 0 Å². The van der Waals surface area contributed by atoms with E-state index in [9.17, 15) is 4.79 Å². The predicted molar refractivity (Wildman–Crippen MR) is 90.9 cm³/mol. The first-order valence-electron chi connectivity index (χ1n) is 7.45. The lowest BCUT2D eigenvalue weighted by Crippen LogP contribution is -2.43. The van der Waals surface area contributed by atoms with Crippen LogP contribution in [0.25, 0.3) is 0 Å². The number of piperidine rings is 1. The van der Waals surface area contributed by atoms with Gasteiger partial charge in [0.05, 0.1) is 0 Å². The molecule has 1 heterocycles. The summed E-state index contributed by atoms with van der Waals surface area (Å²) in [6.07, 6.45) is 2.27. The highest BCUT2D eigenvalue weighted by molar-refractivity contribution is 9.10. The number of benzene rings is 1. The second kappa shape index (κ2) is 7.61. The van der Waals surface area contributed by atoms with Crippen molar-refractivity contribution < 1.29 is 4.79 Å². The molecule has 1 N–H and O–H groups in total. The molecular formula is C16H22BrClN2O. The predicted octanol–water partition coefficient (Wildman–Crippen LogP) is 3.95. The summed E-state index contributed by atoms with van der Waals surface area (Å²) in [5.74, 6) is 0.645. The van der Waals surface area contributed by atoms with Gasteiger partial charge in [-0.3, -0.25) is 4.79 Å². The summed E-state index contributed by atoms with van der Waals surface area (Å²) in [5, 5.41) is 3.95. The molecule has 1 aliphatic heterocycles. The highest BCUT2D eigenvalue weighted by Crippen LogP contribution is 2.23. The first-order chi connectivity index (χ1) is 9.97. The summed E-state index contributed by atoms with van der Waals surface area (Å²) in [7, 11) is 0. The highest BCUT2D eigenvalue weighted by Gasteiger charge is 2.24. The quantitative estimate of drug-likeness (QED) is 0.866. The minimum atomic E-state index is 0.0618. The Morgan fingerprint density at radius 1 is 1.38 bits per heavy atom. The van der Waals surface area contributed by atoms with E-state index >= 15 is 0 Å². The first-order valence-corrected chi connectivity index (χ1v) is 8.62. The molecule has 5 heteroatoms. The van der Waals surface area contributed by atoms with Crippen LogP contribution in [0.2, 0.25) is 5.02 Å². The lowest BCUT2D eigenvalue weighted by Gasteiger charge is -2.33. The molecule has 1 saturated heterocycles. The van der Waals surface area contributed by atoms with Gasteiger partial charge in [0.15, 0.2) is 0 Å². The molecule has 1 amide bonds. The lowest BCUT2D eigenvalue weighted by molar-refractivity contribution is 0.0658. The fourth-order valence-electron chi connectivity index (χ4n) is 2.71. The lowest BCUT2D eigenvalue weighted by atomic mass is 9.96.